The van der Waals surface area contributed by atoms with Gasteiger partial charge in [0.15, 0.2) is 5.78 Å². The molecule has 0 fully saturated rings. The van der Waals surface area contributed by atoms with Crippen molar-refractivity contribution in [1.29, 1.82) is 0 Å². The van der Waals surface area contributed by atoms with Crippen molar-refractivity contribution in [2.45, 2.75) is 19.8 Å². The molecular formula is C13H13NO2. The van der Waals surface area contributed by atoms with E-state index < -0.39 is 0 Å². The molecule has 0 aliphatic heterocycles. The summed E-state index contributed by atoms with van der Waals surface area (Å²) >= 11 is 0. The lowest BCUT2D eigenvalue weighted by Crippen LogP contribution is -1.98. The van der Waals surface area contributed by atoms with Crippen molar-refractivity contribution in [3.05, 3.63) is 40.5 Å². The van der Waals surface area contributed by atoms with Crippen LogP contribution in [0.2, 0.25) is 0 Å². The zero-order valence-corrected chi connectivity index (χ0v) is 9.28. The molecule has 0 saturated carbocycles. The quantitative estimate of drug-likeness (QED) is 0.605. The van der Waals surface area contributed by atoms with Crippen LogP contribution in [-0.4, -0.2) is 12.1 Å². The van der Waals surface area contributed by atoms with E-state index in [9.17, 15) is 9.59 Å². The molecule has 0 amide bonds. The number of carbonyl (C=O) groups excluding carboxylic acids is 2. The van der Waals surface area contributed by atoms with E-state index in [0.717, 1.165) is 17.4 Å². The Kier molecular flexibility index (Phi) is 2.38. The van der Waals surface area contributed by atoms with Gasteiger partial charge in [-0.05, 0) is 18.6 Å². The highest BCUT2D eigenvalue weighted by molar-refractivity contribution is 5.97. The van der Waals surface area contributed by atoms with Crippen LogP contribution in [0.4, 0.5) is 0 Å². The summed E-state index contributed by atoms with van der Waals surface area (Å²) in [5.41, 5.74) is 9.52. The SMILES string of the molecule is CC(=O)c1ccc2c(c1)C(C)C(C=O)=C2N. The minimum atomic E-state index is -0.0215. The molecule has 0 radical (unpaired) electrons. The van der Waals surface area contributed by atoms with Crippen LogP contribution in [0.15, 0.2) is 23.8 Å². The Labute approximate surface area is 94.0 Å². The second-order valence-electron chi connectivity index (χ2n) is 4.07. The van der Waals surface area contributed by atoms with E-state index in [1.54, 1.807) is 6.07 Å². The van der Waals surface area contributed by atoms with E-state index in [4.69, 9.17) is 5.73 Å². The first-order chi connectivity index (χ1) is 7.56. The molecule has 1 aliphatic carbocycles. The van der Waals surface area contributed by atoms with E-state index in [2.05, 4.69) is 0 Å². The smallest absolute Gasteiger partial charge is 0.159 e. The van der Waals surface area contributed by atoms with Crippen LogP contribution in [0.1, 0.15) is 41.3 Å². The molecule has 0 saturated heterocycles. The molecule has 3 nitrogen and oxygen atoms in total. The van der Waals surface area contributed by atoms with E-state index in [-0.39, 0.29) is 11.7 Å². The van der Waals surface area contributed by atoms with Gasteiger partial charge in [0, 0.05) is 28.3 Å². The predicted molar refractivity (Wildman–Crippen MR) is 62.0 cm³/mol. The third kappa shape index (κ3) is 1.36. The fourth-order valence-electron chi connectivity index (χ4n) is 2.11. The number of aldehydes is 1. The van der Waals surface area contributed by atoms with Crippen molar-refractivity contribution in [3.8, 4) is 0 Å². The molecule has 1 aliphatic rings. The highest BCUT2D eigenvalue weighted by atomic mass is 16.1. The molecule has 3 heteroatoms. The van der Waals surface area contributed by atoms with E-state index in [1.165, 1.54) is 6.92 Å². The summed E-state index contributed by atoms with van der Waals surface area (Å²) in [5, 5.41) is 0. The summed E-state index contributed by atoms with van der Waals surface area (Å²) in [5.74, 6) is -0.0000699. The predicted octanol–water partition coefficient (Wildman–Crippen LogP) is 1.88. The van der Waals surface area contributed by atoms with E-state index in [0.29, 0.717) is 16.8 Å². The number of nitrogens with two attached hydrogens (primary N) is 1. The molecule has 0 spiro atoms. The van der Waals surface area contributed by atoms with Crippen LogP contribution in [0.5, 0.6) is 0 Å². The van der Waals surface area contributed by atoms with Crippen molar-refractivity contribution in [1.82, 2.24) is 0 Å². The molecule has 0 heterocycles. The molecule has 82 valence electrons. The maximum absolute atomic E-state index is 11.3. The zero-order valence-electron chi connectivity index (χ0n) is 9.28. The number of ketones is 1. The highest BCUT2D eigenvalue weighted by Gasteiger charge is 2.26. The number of hydrogen-bond donors (Lipinski definition) is 1. The molecule has 2 rings (SSSR count). The molecule has 1 aromatic rings. The van der Waals surface area contributed by atoms with Crippen LogP contribution in [0.3, 0.4) is 0 Å². The fourth-order valence-corrected chi connectivity index (χ4v) is 2.11. The van der Waals surface area contributed by atoms with Crippen molar-refractivity contribution in [2.24, 2.45) is 5.73 Å². The molecule has 1 unspecified atom stereocenters. The lowest BCUT2D eigenvalue weighted by Gasteiger charge is -2.07. The highest BCUT2D eigenvalue weighted by Crippen LogP contribution is 2.38. The molecule has 1 atom stereocenters. The van der Waals surface area contributed by atoms with Gasteiger partial charge >= 0.3 is 0 Å². The maximum Gasteiger partial charge on any atom is 0.159 e. The molecular weight excluding hydrogens is 202 g/mol. The lowest BCUT2D eigenvalue weighted by molar-refractivity contribution is -0.105. The Morgan fingerprint density at radius 3 is 2.69 bits per heavy atom. The summed E-state index contributed by atoms with van der Waals surface area (Å²) in [6.45, 7) is 3.45. The summed E-state index contributed by atoms with van der Waals surface area (Å²) in [6, 6.07) is 5.38. The van der Waals surface area contributed by atoms with Gasteiger partial charge in [-0.2, -0.15) is 0 Å². The molecule has 2 N–H and O–H groups in total. The minimum Gasteiger partial charge on any atom is -0.398 e. The van der Waals surface area contributed by atoms with Crippen molar-refractivity contribution < 1.29 is 9.59 Å². The number of hydrogen-bond acceptors (Lipinski definition) is 3. The largest absolute Gasteiger partial charge is 0.398 e. The van der Waals surface area contributed by atoms with Gasteiger partial charge in [-0.1, -0.05) is 19.1 Å². The fraction of sp³-hybridized carbons (Fsp3) is 0.231. The van der Waals surface area contributed by atoms with Gasteiger partial charge in [0.2, 0.25) is 0 Å². The molecule has 1 aromatic carbocycles. The van der Waals surface area contributed by atoms with Crippen LogP contribution in [0, 0.1) is 0 Å². The average Bonchev–Trinajstić information content (AvgIpc) is 2.51. The standard InChI is InChI=1S/C13H13NO2/c1-7-11-5-9(8(2)16)3-4-10(11)13(14)12(7)6-15/h3-7H,14H2,1-2H3. The topological polar surface area (TPSA) is 60.2 Å². The Morgan fingerprint density at radius 2 is 2.12 bits per heavy atom. The van der Waals surface area contributed by atoms with Crippen LogP contribution in [-0.2, 0) is 4.79 Å². The third-order valence-corrected chi connectivity index (χ3v) is 3.12. The average molecular weight is 215 g/mol. The van der Waals surface area contributed by atoms with Gasteiger partial charge in [-0.25, -0.2) is 0 Å². The molecule has 0 aromatic heterocycles. The first-order valence-electron chi connectivity index (χ1n) is 5.16. The number of carbonyl (C=O) groups is 2. The number of benzene rings is 1. The first-order valence-corrected chi connectivity index (χ1v) is 5.16. The monoisotopic (exact) mass is 215 g/mol. The number of rotatable bonds is 2. The summed E-state index contributed by atoms with van der Waals surface area (Å²) < 4.78 is 0. The Balaban J connectivity index is 2.58. The first kappa shape index (κ1) is 10.6. The maximum atomic E-state index is 11.3. The number of Topliss-reactive ketones (excluding diaryl/α,β-unsaturated/α-hetero) is 1. The lowest BCUT2D eigenvalue weighted by atomic mass is 9.96. The summed E-state index contributed by atoms with van der Waals surface area (Å²) in [4.78, 5) is 22.2. The van der Waals surface area contributed by atoms with Crippen LogP contribution in [0.25, 0.3) is 5.70 Å². The number of allylic oxidation sites excluding steroid dienone is 1. The van der Waals surface area contributed by atoms with Gasteiger partial charge in [-0.3, -0.25) is 9.59 Å². The van der Waals surface area contributed by atoms with Gasteiger partial charge < -0.3 is 5.73 Å². The van der Waals surface area contributed by atoms with Crippen molar-refractivity contribution in [2.75, 3.05) is 0 Å². The van der Waals surface area contributed by atoms with Gasteiger partial charge in [0.25, 0.3) is 0 Å². The summed E-state index contributed by atoms with van der Waals surface area (Å²) in [7, 11) is 0. The van der Waals surface area contributed by atoms with Gasteiger partial charge in [-0.15, -0.1) is 0 Å². The second-order valence-corrected chi connectivity index (χ2v) is 4.07. The van der Waals surface area contributed by atoms with Gasteiger partial charge in [0.05, 0.1) is 0 Å². The Hall–Kier alpha value is -1.90. The molecule has 0 bridgehead atoms. The minimum absolute atomic E-state index is 0.0214. The third-order valence-electron chi connectivity index (χ3n) is 3.12. The zero-order chi connectivity index (χ0) is 11.9. The number of fused-ring (bicyclic) bond motifs is 1. The van der Waals surface area contributed by atoms with E-state index >= 15 is 0 Å². The van der Waals surface area contributed by atoms with Crippen LogP contribution >= 0.6 is 0 Å². The van der Waals surface area contributed by atoms with E-state index in [1.807, 2.05) is 19.1 Å². The second kappa shape index (κ2) is 3.59. The van der Waals surface area contributed by atoms with Crippen molar-refractivity contribution in [3.63, 3.8) is 0 Å². The Morgan fingerprint density at radius 1 is 1.44 bits per heavy atom. The molecule has 16 heavy (non-hydrogen) atoms. The van der Waals surface area contributed by atoms with Crippen LogP contribution < -0.4 is 5.73 Å². The van der Waals surface area contributed by atoms with Crippen molar-refractivity contribution >= 4 is 17.8 Å². The Bertz CT molecular complexity index is 515. The van der Waals surface area contributed by atoms with Gasteiger partial charge in [0.1, 0.15) is 6.29 Å². The summed E-state index contributed by atoms with van der Waals surface area (Å²) in [6.07, 6.45) is 0.799. The normalized spacial score (nSPS) is 18.5.